The molecule has 0 bridgehead atoms. The number of nitrogens with zero attached hydrogens (tertiary/aromatic N) is 4. The molecular formula is C24H26Cl2FN5S. The van der Waals surface area contributed by atoms with Crippen LogP contribution < -0.4 is 5.32 Å². The van der Waals surface area contributed by atoms with Gasteiger partial charge in [0.1, 0.15) is 5.82 Å². The van der Waals surface area contributed by atoms with E-state index in [2.05, 4.69) is 20.2 Å². The summed E-state index contributed by atoms with van der Waals surface area (Å²) in [5, 5.41) is 9.83. The largest absolute Gasteiger partial charge is 0.346 e. The van der Waals surface area contributed by atoms with Gasteiger partial charge in [-0.2, -0.15) is 5.10 Å². The highest BCUT2D eigenvalue weighted by molar-refractivity contribution is 7.80. The minimum Gasteiger partial charge on any atom is -0.346 e. The number of thiocarbonyl (C=S) groups is 1. The molecule has 2 aromatic carbocycles. The first-order valence-electron chi connectivity index (χ1n) is 10.8. The van der Waals surface area contributed by atoms with E-state index in [0.29, 0.717) is 28.2 Å². The minimum absolute atomic E-state index is 0.152. The lowest BCUT2D eigenvalue weighted by atomic mass is 10.2. The van der Waals surface area contributed by atoms with Crippen molar-refractivity contribution in [3.8, 4) is 0 Å². The maximum absolute atomic E-state index is 14.0. The number of piperazine rings is 1. The zero-order valence-electron chi connectivity index (χ0n) is 18.6. The van der Waals surface area contributed by atoms with Crippen LogP contribution in [0.15, 0.2) is 42.5 Å². The number of hydrogen-bond acceptors (Lipinski definition) is 3. The Labute approximate surface area is 209 Å². The molecule has 0 atom stereocenters. The number of nitrogens with one attached hydrogen (secondary N) is 1. The van der Waals surface area contributed by atoms with Gasteiger partial charge in [0.2, 0.25) is 0 Å². The third-order valence-corrected chi connectivity index (χ3v) is 7.04. The van der Waals surface area contributed by atoms with E-state index in [-0.39, 0.29) is 5.82 Å². The van der Waals surface area contributed by atoms with E-state index >= 15 is 0 Å². The summed E-state index contributed by atoms with van der Waals surface area (Å²) in [5.74, 6) is -0.152. The normalized spacial score (nSPS) is 14.5. The van der Waals surface area contributed by atoms with E-state index < -0.39 is 0 Å². The molecule has 0 spiro atoms. The van der Waals surface area contributed by atoms with Gasteiger partial charge >= 0.3 is 0 Å². The van der Waals surface area contributed by atoms with E-state index in [9.17, 15) is 4.39 Å². The van der Waals surface area contributed by atoms with Crippen LogP contribution in [0.5, 0.6) is 0 Å². The lowest BCUT2D eigenvalue weighted by molar-refractivity contribution is 0.175. The van der Waals surface area contributed by atoms with E-state index in [0.717, 1.165) is 54.4 Å². The topological polar surface area (TPSA) is 36.3 Å². The Morgan fingerprint density at radius 1 is 1.03 bits per heavy atom. The van der Waals surface area contributed by atoms with Crippen LogP contribution in [0.1, 0.15) is 22.5 Å². The SMILES string of the molecule is Cc1nn(Cc2ccc(Cl)c(Cl)c2)c(C)c1NC(=S)N1CCN(Cc2ccccc2F)CC1. The van der Waals surface area contributed by atoms with Crippen LogP contribution >= 0.6 is 35.4 Å². The zero-order chi connectivity index (χ0) is 23.5. The molecular weight excluding hydrogens is 480 g/mol. The predicted molar refractivity (Wildman–Crippen MR) is 137 cm³/mol. The van der Waals surface area contributed by atoms with E-state index in [1.54, 1.807) is 12.1 Å². The minimum atomic E-state index is -0.152. The summed E-state index contributed by atoms with van der Waals surface area (Å²) in [5.41, 5.74) is 4.56. The van der Waals surface area contributed by atoms with Crippen molar-refractivity contribution in [3.63, 3.8) is 0 Å². The van der Waals surface area contributed by atoms with Crippen LogP contribution in [0.4, 0.5) is 10.1 Å². The van der Waals surface area contributed by atoms with Gasteiger partial charge in [-0.1, -0.05) is 47.5 Å². The van der Waals surface area contributed by atoms with Gasteiger partial charge < -0.3 is 10.2 Å². The number of aryl methyl sites for hydroxylation is 1. The maximum atomic E-state index is 14.0. The van der Waals surface area contributed by atoms with Crippen LogP contribution in [0.3, 0.4) is 0 Å². The summed E-state index contributed by atoms with van der Waals surface area (Å²) < 4.78 is 15.9. The van der Waals surface area contributed by atoms with Crippen molar-refractivity contribution in [2.45, 2.75) is 26.9 Å². The molecule has 1 saturated heterocycles. The lowest BCUT2D eigenvalue weighted by Crippen LogP contribution is -2.49. The molecule has 2 heterocycles. The van der Waals surface area contributed by atoms with E-state index in [1.165, 1.54) is 6.07 Å². The van der Waals surface area contributed by atoms with Crippen LogP contribution in [0.2, 0.25) is 10.0 Å². The molecule has 5 nitrogen and oxygen atoms in total. The number of aromatic nitrogens is 2. The van der Waals surface area contributed by atoms with Gasteiger partial charge in [-0.15, -0.1) is 0 Å². The van der Waals surface area contributed by atoms with Crippen molar-refractivity contribution >= 4 is 46.2 Å². The molecule has 0 radical (unpaired) electrons. The fraction of sp³-hybridized carbons (Fsp3) is 0.333. The maximum Gasteiger partial charge on any atom is 0.173 e. The van der Waals surface area contributed by atoms with Gasteiger partial charge in [0.05, 0.1) is 33.7 Å². The number of benzene rings is 2. The monoisotopic (exact) mass is 505 g/mol. The summed E-state index contributed by atoms with van der Waals surface area (Å²) in [7, 11) is 0. The number of hydrogen-bond donors (Lipinski definition) is 1. The molecule has 0 amide bonds. The zero-order valence-corrected chi connectivity index (χ0v) is 20.9. The predicted octanol–water partition coefficient (Wildman–Crippen LogP) is 5.51. The summed E-state index contributed by atoms with van der Waals surface area (Å²) in [6, 6.07) is 12.6. The third kappa shape index (κ3) is 5.66. The van der Waals surface area contributed by atoms with Crippen LogP contribution in [0.25, 0.3) is 0 Å². The highest BCUT2D eigenvalue weighted by atomic mass is 35.5. The van der Waals surface area contributed by atoms with Crippen molar-refractivity contribution in [3.05, 3.63) is 80.8 Å². The van der Waals surface area contributed by atoms with Crippen LogP contribution in [-0.2, 0) is 13.1 Å². The van der Waals surface area contributed by atoms with Crippen molar-refractivity contribution in [2.75, 3.05) is 31.5 Å². The fourth-order valence-corrected chi connectivity index (χ4v) is 4.61. The lowest BCUT2D eigenvalue weighted by Gasteiger charge is -2.36. The van der Waals surface area contributed by atoms with Crippen LogP contribution in [-0.4, -0.2) is 50.9 Å². The van der Waals surface area contributed by atoms with E-state index in [4.69, 9.17) is 35.4 Å². The third-order valence-electron chi connectivity index (χ3n) is 5.94. The van der Waals surface area contributed by atoms with Crippen molar-refractivity contribution < 1.29 is 4.39 Å². The molecule has 3 aromatic rings. The highest BCUT2D eigenvalue weighted by Gasteiger charge is 2.21. The smallest absolute Gasteiger partial charge is 0.173 e. The molecule has 9 heteroatoms. The molecule has 0 saturated carbocycles. The number of halogens is 3. The fourth-order valence-electron chi connectivity index (χ4n) is 4.01. The van der Waals surface area contributed by atoms with Gasteiger partial charge in [0, 0.05) is 38.3 Å². The summed E-state index contributed by atoms with van der Waals surface area (Å²) >= 11 is 17.9. The van der Waals surface area contributed by atoms with Gasteiger partial charge in [0.15, 0.2) is 5.11 Å². The molecule has 174 valence electrons. The molecule has 33 heavy (non-hydrogen) atoms. The van der Waals surface area contributed by atoms with Crippen molar-refractivity contribution in [2.24, 2.45) is 0 Å². The molecule has 1 aromatic heterocycles. The summed E-state index contributed by atoms with van der Waals surface area (Å²) in [6.45, 7) is 8.42. The van der Waals surface area contributed by atoms with Gasteiger partial charge in [0.25, 0.3) is 0 Å². The Balaban J connectivity index is 1.36. The molecule has 0 unspecified atom stereocenters. The Kier molecular flexibility index (Phi) is 7.54. The average Bonchev–Trinajstić information content (AvgIpc) is 3.05. The molecule has 0 aliphatic carbocycles. The van der Waals surface area contributed by atoms with Crippen LogP contribution in [0, 0.1) is 19.7 Å². The van der Waals surface area contributed by atoms with Crippen molar-refractivity contribution in [1.82, 2.24) is 19.6 Å². The standard InChI is InChI=1S/C24H26Cl2FN5S/c1-16-23(17(2)32(29-16)14-18-7-8-20(25)21(26)13-18)28-24(33)31-11-9-30(10-12-31)15-19-5-3-4-6-22(19)27/h3-8,13H,9-12,14-15H2,1-2H3,(H,28,33). The molecule has 1 aliphatic rings. The van der Waals surface area contributed by atoms with Gasteiger partial charge in [-0.05, 0) is 49.8 Å². The van der Waals surface area contributed by atoms with Crippen molar-refractivity contribution in [1.29, 1.82) is 0 Å². The van der Waals surface area contributed by atoms with Gasteiger partial charge in [-0.25, -0.2) is 4.39 Å². The Morgan fingerprint density at radius 3 is 2.45 bits per heavy atom. The van der Waals surface area contributed by atoms with E-state index in [1.807, 2.05) is 42.8 Å². The molecule has 1 aliphatic heterocycles. The molecule has 4 rings (SSSR count). The highest BCUT2D eigenvalue weighted by Crippen LogP contribution is 2.25. The Morgan fingerprint density at radius 2 is 1.76 bits per heavy atom. The average molecular weight is 506 g/mol. The first kappa shape index (κ1) is 24.0. The Hall–Kier alpha value is -2.19. The second-order valence-electron chi connectivity index (χ2n) is 8.24. The quantitative estimate of drug-likeness (QED) is 0.462. The molecule has 1 fully saturated rings. The number of anilines is 1. The Bertz CT molecular complexity index is 1160. The first-order valence-corrected chi connectivity index (χ1v) is 12.0. The summed E-state index contributed by atoms with van der Waals surface area (Å²) in [6.07, 6.45) is 0. The first-order chi connectivity index (χ1) is 15.8. The van der Waals surface area contributed by atoms with Gasteiger partial charge in [-0.3, -0.25) is 9.58 Å². The number of rotatable bonds is 5. The molecule has 1 N–H and O–H groups in total. The summed E-state index contributed by atoms with van der Waals surface area (Å²) in [4.78, 5) is 4.41. The second-order valence-corrected chi connectivity index (χ2v) is 9.44. The second kappa shape index (κ2) is 10.4.